The van der Waals surface area contributed by atoms with E-state index in [0.717, 1.165) is 54.4 Å². The van der Waals surface area contributed by atoms with Crippen molar-refractivity contribution in [1.82, 2.24) is 15.5 Å². The van der Waals surface area contributed by atoms with Crippen LogP contribution in [-0.2, 0) is 11.2 Å². The molecule has 2 amide bonds. The highest BCUT2D eigenvalue weighted by Crippen LogP contribution is 2.43. The van der Waals surface area contributed by atoms with Crippen molar-refractivity contribution >= 4 is 27.7 Å². The summed E-state index contributed by atoms with van der Waals surface area (Å²) < 4.78 is 0.910. The molecule has 2 aromatic rings. The lowest BCUT2D eigenvalue weighted by molar-refractivity contribution is -0.145. The van der Waals surface area contributed by atoms with Crippen LogP contribution in [0.5, 0.6) is 0 Å². The molecule has 3 aliphatic heterocycles. The molecule has 31 heavy (non-hydrogen) atoms. The molecular formula is C25H28BrN3O2. The van der Waals surface area contributed by atoms with Gasteiger partial charge in [-0.3, -0.25) is 9.59 Å². The van der Waals surface area contributed by atoms with E-state index >= 15 is 0 Å². The molecule has 2 fully saturated rings. The van der Waals surface area contributed by atoms with E-state index in [1.165, 1.54) is 5.56 Å². The maximum Gasteiger partial charge on any atom is 0.252 e. The first-order valence-electron chi connectivity index (χ1n) is 11.2. The van der Waals surface area contributed by atoms with E-state index in [-0.39, 0.29) is 35.9 Å². The van der Waals surface area contributed by atoms with Crippen molar-refractivity contribution < 1.29 is 9.59 Å². The van der Waals surface area contributed by atoms with Crippen LogP contribution in [0.3, 0.4) is 0 Å². The van der Waals surface area contributed by atoms with Gasteiger partial charge in [0.15, 0.2) is 0 Å². The first-order valence-corrected chi connectivity index (χ1v) is 12.0. The fourth-order valence-corrected chi connectivity index (χ4v) is 6.08. The van der Waals surface area contributed by atoms with Crippen molar-refractivity contribution in [3.8, 4) is 0 Å². The van der Waals surface area contributed by atoms with Gasteiger partial charge in [0.2, 0.25) is 5.91 Å². The van der Waals surface area contributed by atoms with Gasteiger partial charge < -0.3 is 15.5 Å². The van der Waals surface area contributed by atoms with Gasteiger partial charge in [-0.2, -0.15) is 0 Å². The summed E-state index contributed by atoms with van der Waals surface area (Å²) in [5.74, 6) is 0.255. The molecule has 4 atom stereocenters. The molecule has 0 unspecified atom stereocenters. The van der Waals surface area contributed by atoms with Gasteiger partial charge in [0.25, 0.3) is 5.91 Å². The Balaban J connectivity index is 1.49. The van der Waals surface area contributed by atoms with E-state index in [0.29, 0.717) is 5.56 Å². The zero-order valence-electron chi connectivity index (χ0n) is 17.7. The first-order chi connectivity index (χ1) is 15.0. The van der Waals surface area contributed by atoms with Gasteiger partial charge in [0.05, 0.1) is 18.0 Å². The SMILES string of the molecule is C[C@@H](NC(=O)c1cc(Br)cc2c1[C@H]1C[C@H]3NCCC[C@H]3C(=O)N1CC2)c1ccccc1. The monoisotopic (exact) mass is 481 g/mol. The number of hydrogen-bond acceptors (Lipinski definition) is 3. The molecule has 0 radical (unpaired) electrons. The van der Waals surface area contributed by atoms with Crippen molar-refractivity contribution in [2.75, 3.05) is 13.1 Å². The maximum absolute atomic E-state index is 13.4. The van der Waals surface area contributed by atoms with Crippen LogP contribution >= 0.6 is 15.9 Å². The second kappa shape index (κ2) is 8.40. The Kier molecular flexibility index (Phi) is 5.61. The summed E-state index contributed by atoms with van der Waals surface area (Å²) in [5, 5.41) is 6.75. The van der Waals surface area contributed by atoms with Crippen molar-refractivity contribution in [1.29, 1.82) is 0 Å². The number of amides is 2. The highest BCUT2D eigenvalue weighted by molar-refractivity contribution is 9.10. The Morgan fingerprint density at radius 1 is 1.26 bits per heavy atom. The van der Waals surface area contributed by atoms with Crippen molar-refractivity contribution in [2.24, 2.45) is 5.92 Å². The quantitative estimate of drug-likeness (QED) is 0.692. The number of carbonyl (C=O) groups excluding carboxylic acids is 2. The minimum Gasteiger partial charge on any atom is -0.346 e. The van der Waals surface area contributed by atoms with Crippen LogP contribution in [0.15, 0.2) is 46.9 Å². The van der Waals surface area contributed by atoms with Crippen LogP contribution in [-0.4, -0.2) is 35.8 Å². The van der Waals surface area contributed by atoms with Crippen LogP contribution < -0.4 is 10.6 Å². The molecule has 0 bridgehead atoms. The van der Waals surface area contributed by atoms with E-state index in [4.69, 9.17) is 0 Å². The molecule has 5 rings (SSSR count). The Morgan fingerprint density at radius 2 is 2.06 bits per heavy atom. The van der Waals surface area contributed by atoms with E-state index in [1.807, 2.05) is 48.2 Å². The molecule has 0 aromatic heterocycles. The Morgan fingerprint density at radius 3 is 2.87 bits per heavy atom. The van der Waals surface area contributed by atoms with Crippen molar-refractivity contribution in [3.63, 3.8) is 0 Å². The molecule has 2 aromatic carbocycles. The van der Waals surface area contributed by atoms with E-state index in [2.05, 4.69) is 32.6 Å². The zero-order valence-corrected chi connectivity index (χ0v) is 19.3. The van der Waals surface area contributed by atoms with Crippen LogP contribution in [0.2, 0.25) is 0 Å². The zero-order chi connectivity index (χ0) is 21.5. The second-order valence-electron chi connectivity index (χ2n) is 8.97. The molecule has 3 heterocycles. The molecule has 2 saturated heterocycles. The van der Waals surface area contributed by atoms with Gasteiger partial charge in [-0.05, 0) is 68.0 Å². The highest BCUT2D eigenvalue weighted by atomic mass is 79.9. The lowest BCUT2D eigenvalue weighted by atomic mass is 9.76. The summed E-state index contributed by atoms with van der Waals surface area (Å²) in [4.78, 5) is 28.8. The lowest BCUT2D eigenvalue weighted by Gasteiger charge is -2.48. The summed E-state index contributed by atoms with van der Waals surface area (Å²) in [6, 6.07) is 14.1. The van der Waals surface area contributed by atoms with Crippen molar-refractivity contribution in [2.45, 2.75) is 50.7 Å². The first kappa shape index (κ1) is 20.7. The summed E-state index contributed by atoms with van der Waals surface area (Å²) in [6.45, 7) is 3.71. The van der Waals surface area contributed by atoms with Crippen LogP contribution in [0.1, 0.15) is 65.3 Å². The van der Waals surface area contributed by atoms with Gasteiger partial charge in [-0.25, -0.2) is 0 Å². The third kappa shape index (κ3) is 3.80. The summed E-state index contributed by atoms with van der Waals surface area (Å²) in [7, 11) is 0. The highest BCUT2D eigenvalue weighted by Gasteiger charge is 2.46. The largest absolute Gasteiger partial charge is 0.346 e. The molecule has 2 N–H and O–H groups in total. The van der Waals surface area contributed by atoms with Gasteiger partial charge >= 0.3 is 0 Å². The molecule has 0 aliphatic carbocycles. The number of rotatable bonds is 3. The van der Waals surface area contributed by atoms with E-state index in [1.54, 1.807) is 0 Å². The molecule has 6 heteroatoms. The molecule has 5 nitrogen and oxygen atoms in total. The number of hydrogen-bond donors (Lipinski definition) is 2. The van der Waals surface area contributed by atoms with Crippen molar-refractivity contribution in [3.05, 3.63) is 69.2 Å². The topological polar surface area (TPSA) is 61.4 Å². The molecular weight excluding hydrogens is 454 g/mol. The number of carbonyl (C=O) groups is 2. The minimum atomic E-state index is -0.0968. The number of fused-ring (bicyclic) bond motifs is 4. The Hall–Kier alpha value is -2.18. The van der Waals surface area contributed by atoms with E-state index in [9.17, 15) is 9.59 Å². The predicted molar refractivity (Wildman–Crippen MR) is 124 cm³/mol. The number of benzene rings is 2. The Bertz CT molecular complexity index is 1010. The third-order valence-corrected chi connectivity index (χ3v) is 7.57. The smallest absolute Gasteiger partial charge is 0.252 e. The summed E-state index contributed by atoms with van der Waals surface area (Å²) >= 11 is 3.60. The fourth-order valence-electron chi connectivity index (χ4n) is 5.57. The number of halogens is 1. The second-order valence-corrected chi connectivity index (χ2v) is 9.89. The van der Waals surface area contributed by atoms with Crippen LogP contribution in [0.4, 0.5) is 0 Å². The lowest BCUT2D eigenvalue weighted by Crippen LogP contribution is -2.58. The average Bonchev–Trinajstić information content (AvgIpc) is 2.79. The summed E-state index contributed by atoms with van der Waals surface area (Å²) in [6.07, 6.45) is 3.69. The standard InChI is InChI=1S/C25H28BrN3O2/c1-15(16-6-3-2-4-7-16)28-24(30)20-13-18(26)12-17-9-11-29-22(23(17)20)14-21-19(25(29)31)8-5-10-27-21/h2-4,6-7,12-13,15,19,21-22,27H,5,8-11,14H2,1H3,(H,28,30)/t15-,19-,21-,22-/m1/s1. The minimum absolute atomic E-state index is 0.0380. The van der Waals surface area contributed by atoms with Crippen LogP contribution in [0, 0.1) is 5.92 Å². The number of nitrogens with one attached hydrogen (secondary N) is 2. The average molecular weight is 482 g/mol. The van der Waals surface area contributed by atoms with Gasteiger partial charge in [-0.15, -0.1) is 0 Å². The fraction of sp³-hybridized carbons (Fsp3) is 0.440. The predicted octanol–water partition coefficient (Wildman–Crippen LogP) is 4.14. The molecule has 3 aliphatic rings. The molecule has 162 valence electrons. The Labute approximate surface area is 191 Å². The van der Waals surface area contributed by atoms with Gasteiger partial charge in [0.1, 0.15) is 0 Å². The van der Waals surface area contributed by atoms with Gasteiger partial charge in [-0.1, -0.05) is 46.3 Å². The molecule has 0 saturated carbocycles. The third-order valence-electron chi connectivity index (χ3n) is 7.12. The normalized spacial score (nSPS) is 25.8. The van der Waals surface area contributed by atoms with Crippen LogP contribution in [0.25, 0.3) is 0 Å². The van der Waals surface area contributed by atoms with E-state index < -0.39 is 0 Å². The maximum atomic E-state index is 13.4. The molecule has 0 spiro atoms. The summed E-state index contributed by atoms with van der Waals surface area (Å²) in [5.41, 5.74) is 3.97. The number of nitrogens with zero attached hydrogens (tertiary/aromatic N) is 1. The number of piperidine rings is 2. The van der Waals surface area contributed by atoms with Gasteiger partial charge in [0, 0.05) is 22.6 Å².